The van der Waals surface area contributed by atoms with Crippen molar-refractivity contribution >= 4 is 11.4 Å². The molecule has 3 heteroatoms. The summed E-state index contributed by atoms with van der Waals surface area (Å²) in [6.45, 7) is 4.74. The Morgan fingerprint density at radius 3 is 1.74 bits per heavy atom. The molecule has 7 aromatic rings. The van der Waals surface area contributed by atoms with Crippen LogP contribution in [0.2, 0.25) is 0 Å². The Morgan fingerprint density at radius 1 is 0.519 bits per heavy atom. The summed E-state index contributed by atoms with van der Waals surface area (Å²) in [5, 5.41) is 13.0. The first-order valence-electron chi connectivity index (χ1n) is 18.6. The fraction of sp³-hybridized carbons (Fsp3) is 0.0980. The second kappa shape index (κ2) is 12.2. The van der Waals surface area contributed by atoms with E-state index in [0.717, 1.165) is 28.1 Å². The maximum atomic E-state index is 9.36. The van der Waals surface area contributed by atoms with Gasteiger partial charge in [-0.3, -0.25) is 4.99 Å². The molecule has 54 heavy (non-hydrogen) atoms. The monoisotopic (exact) mass is 691 g/mol. The van der Waals surface area contributed by atoms with Crippen LogP contribution in [0.25, 0.3) is 28.0 Å². The van der Waals surface area contributed by atoms with E-state index in [4.69, 9.17) is 4.99 Å². The molecule has 1 spiro atoms. The Balaban J connectivity index is 1.06. The van der Waals surface area contributed by atoms with Crippen LogP contribution in [-0.2, 0) is 10.8 Å². The quantitative estimate of drug-likeness (QED) is 0.200. The number of hydrogen-bond donors (Lipinski definition) is 1. The lowest BCUT2D eigenvalue weighted by molar-refractivity contribution is 0.563. The van der Waals surface area contributed by atoms with Gasteiger partial charge in [0.05, 0.1) is 22.8 Å². The van der Waals surface area contributed by atoms with Crippen molar-refractivity contribution in [3.63, 3.8) is 0 Å². The average molecular weight is 692 g/mol. The molecule has 1 atom stereocenters. The molecule has 1 unspecified atom stereocenters. The Bertz CT molecular complexity index is 2660. The van der Waals surface area contributed by atoms with Crippen molar-refractivity contribution in [3.8, 4) is 28.3 Å². The van der Waals surface area contributed by atoms with Crippen LogP contribution >= 0.6 is 0 Å². The highest BCUT2D eigenvalue weighted by Gasteiger charge is 2.53. The normalized spacial score (nSPS) is 16.8. The van der Waals surface area contributed by atoms with Crippen LogP contribution in [0.4, 0.5) is 0 Å². The van der Waals surface area contributed by atoms with Crippen LogP contribution in [0.1, 0.15) is 75.6 Å². The van der Waals surface area contributed by atoms with E-state index in [1.165, 1.54) is 55.6 Å². The molecule has 0 amide bonds. The van der Waals surface area contributed by atoms with Crippen molar-refractivity contribution in [1.29, 1.82) is 5.26 Å². The third kappa shape index (κ3) is 4.70. The van der Waals surface area contributed by atoms with Crippen molar-refractivity contribution in [2.45, 2.75) is 30.8 Å². The Kier molecular flexibility index (Phi) is 7.19. The van der Waals surface area contributed by atoms with Gasteiger partial charge in [-0.05, 0) is 96.6 Å². The zero-order chi connectivity index (χ0) is 36.4. The summed E-state index contributed by atoms with van der Waals surface area (Å²) in [4.78, 5) is 5.09. The van der Waals surface area contributed by atoms with Gasteiger partial charge in [-0.25, -0.2) is 0 Å². The van der Waals surface area contributed by atoms with Crippen LogP contribution in [0.15, 0.2) is 181 Å². The van der Waals surface area contributed by atoms with E-state index in [1.54, 1.807) is 0 Å². The molecule has 0 fully saturated rings. The van der Waals surface area contributed by atoms with Crippen molar-refractivity contribution in [2.75, 3.05) is 0 Å². The number of aliphatic imine (C=N–C) groups is 1. The molecule has 10 rings (SSSR count). The fourth-order valence-corrected chi connectivity index (χ4v) is 9.25. The highest BCUT2D eigenvalue weighted by atomic mass is 15.1. The molecule has 0 bridgehead atoms. The molecule has 3 aliphatic rings. The number of nitriles is 1. The zero-order valence-electron chi connectivity index (χ0n) is 30.2. The molecular weight excluding hydrogens is 655 g/mol. The van der Waals surface area contributed by atoms with Gasteiger partial charge < -0.3 is 5.32 Å². The standard InChI is InChI=1S/C51H37N3/c1-50(2)43-16-8-10-18-45(43)51(46-19-11-9-17-44(46)50)41-15-7-6-14-39(41)40-30-38(28-29-42(40)51)34-24-26-36(27-25-34)48-31-47(35-12-4-3-5-13-35)53-49(54-48)37-22-20-33(32-52)21-23-37/h3-31,49,54H,1-2H3. The molecule has 0 radical (unpaired) electrons. The SMILES string of the molecule is CC1(C)c2ccccc2C2(c3ccccc3-c3cc(-c4ccc(C5=CC(c6ccccc6)=NC(c6ccc(C#N)cc6)N5)cc4)ccc32)c2ccccc21. The third-order valence-corrected chi connectivity index (χ3v) is 11.8. The molecule has 1 heterocycles. The minimum Gasteiger partial charge on any atom is -0.360 e. The van der Waals surface area contributed by atoms with Gasteiger partial charge in [0.25, 0.3) is 0 Å². The topological polar surface area (TPSA) is 48.2 Å². The Hall–Kier alpha value is -6.76. The largest absolute Gasteiger partial charge is 0.360 e. The highest BCUT2D eigenvalue weighted by Crippen LogP contribution is 2.62. The summed E-state index contributed by atoms with van der Waals surface area (Å²) < 4.78 is 0. The predicted molar refractivity (Wildman–Crippen MR) is 219 cm³/mol. The summed E-state index contributed by atoms with van der Waals surface area (Å²) in [5.74, 6) is 0. The third-order valence-electron chi connectivity index (χ3n) is 11.8. The van der Waals surface area contributed by atoms with Crippen molar-refractivity contribution in [3.05, 3.63) is 232 Å². The minimum atomic E-state index is -0.389. The van der Waals surface area contributed by atoms with E-state index < -0.39 is 0 Å². The van der Waals surface area contributed by atoms with Crippen molar-refractivity contribution < 1.29 is 0 Å². The number of hydrogen-bond acceptors (Lipinski definition) is 3. The first-order valence-corrected chi connectivity index (χ1v) is 18.6. The molecule has 1 N–H and O–H groups in total. The number of rotatable bonds is 4. The summed E-state index contributed by atoms with van der Waals surface area (Å²) in [6.07, 6.45) is 1.86. The second-order valence-corrected chi connectivity index (χ2v) is 15.1. The molecule has 3 nitrogen and oxygen atoms in total. The van der Waals surface area contributed by atoms with Gasteiger partial charge >= 0.3 is 0 Å². The number of nitrogens with one attached hydrogen (secondary N) is 1. The van der Waals surface area contributed by atoms with E-state index in [9.17, 15) is 5.26 Å². The van der Waals surface area contributed by atoms with E-state index in [2.05, 4.69) is 159 Å². The summed E-state index contributed by atoms with van der Waals surface area (Å²) in [6, 6.07) is 63.4. The lowest BCUT2D eigenvalue weighted by atomic mass is 9.55. The summed E-state index contributed by atoms with van der Waals surface area (Å²) in [5.41, 5.74) is 18.4. The molecule has 0 saturated carbocycles. The molecule has 256 valence electrons. The average Bonchev–Trinajstić information content (AvgIpc) is 3.53. The predicted octanol–water partition coefficient (Wildman–Crippen LogP) is 11.4. The number of fused-ring (bicyclic) bond motifs is 9. The number of allylic oxidation sites excluding steroid dienone is 1. The van der Waals surface area contributed by atoms with Crippen LogP contribution in [-0.4, -0.2) is 5.71 Å². The van der Waals surface area contributed by atoms with Gasteiger partial charge in [-0.15, -0.1) is 0 Å². The van der Waals surface area contributed by atoms with E-state index in [-0.39, 0.29) is 17.0 Å². The lowest BCUT2D eigenvalue weighted by Gasteiger charge is -2.46. The van der Waals surface area contributed by atoms with E-state index in [1.807, 2.05) is 42.5 Å². The van der Waals surface area contributed by atoms with E-state index in [0.29, 0.717) is 5.56 Å². The maximum Gasteiger partial charge on any atom is 0.145 e. The van der Waals surface area contributed by atoms with Gasteiger partial charge in [0, 0.05) is 11.1 Å². The molecular formula is C51H37N3. The van der Waals surface area contributed by atoms with Gasteiger partial charge in [-0.1, -0.05) is 166 Å². The Morgan fingerprint density at radius 2 is 1.07 bits per heavy atom. The Labute approximate surface area is 316 Å². The van der Waals surface area contributed by atoms with Gasteiger partial charge in [0.2, 0.25) is 0 Å². The smallest absolute Gasteiger partial charge is 0.145 e. The van der Waals surface area contributed by atoms with Gasteiger partial charge in [0.15, 0.2) is 0 Å². The van der Waals surface area contributed by atoms with Crippen LogP contribution in [0.3, 0.4) is 0 Å². The molecule has 0 saturated heterocycles. The van der Waals surface area contributed by atoms with Gasteiger partial charge in [-0.2, -0.15) is 5.26 Å². The molecule has 0 aromatic heterocycles. The lowest BCUT2D eigenvalue weighted by Crippen LogP contribution is -2.40. The molecule has 2 aliphatic carbocycles. The molecule has 1 aliphatic heterocycles. The van der Waals surface area contributed by atoms with Crippen LogP contribution in [0, 0.1) is 11.3 Å². The van der Waals surface area contributed by atoms with Crippen molar-refractivity contribution in [2.24, 2.45) is 4.99 Å². The number of nitrogens with zero attached hydrogens (tertiary/aromatic N) is 2. The second-order valence-electron chi connectivity index (χ2n) is 15.1. The number of benzene rings is 7. The van der Waals surface area contributed by atoms with Crippen molar-refractivity contribution in [1.82, 2.24) is 5.32 Å². The van der Waals surface area contributed by atoms with Crippen LogP contribution in [0.5, 0.6) is 0 Å². The zero-order valence-corrected chi connectivity index (χ0v) is 30.2. The first kappa shape index (κ1) is 31.9. The highest BCUT2D eigenvalue weighted by molar-refractivity contribution is 6.13. The van der Waals surface area contributed by atoms with Crippen LogP contribution < -0.4 is 5.32 Å². The minimum absolute atomic E-state index is 0.115. The van der Waals surface area contributed by atoms with E-state index >= 15 is 0 Å². The summed E-state index contributed by atoms with van der Waals surface area (Å²) in [7, 11) is 0. The first-order chi connectivity index (χ1) is 26.5. The maximum absolute atomic E-state index is 9.36. The van der Waals surface area contributed by atoms with Gasteiger partial charge in [0.1, 0.15) is 6.17 Å². The summed E-state index contributed by atoms with van der Waals surface area (Å²) >= 11 is 0. The molecule has 7 aromatic carbocycles. The fourth-order valence-electron chi connectivity index (χ4n) is 9.25.